The molecule has 0 aromatic heterocycles. The van der Waals surface area contributed by atoms with Crippen LogP contribution in [0, 0.1) is 0 Å². The van der Waals surface area contributed by atoms with Crippen molar-refractivity contribution in [2.24, 2.45) is 0 Å². The number of hydrogen-bond acceptors (Lipinski definition) is 3. The van der Waals surface area contributed by atoms with Crippen LogP contribution in [0.2, 0.25) is 0 Å². The molecular formula is C16H26N2O2. The Balaban J connectivity index is 2.40. The molecule has 0 aliphatic carbocycles. The number of hydrogen-bond donors (Lipinski definition) is 2. The Labute approximate surface area is 121 Å². The van der Waals surface area contributed by atoms with Crippen LogP contribution in [0.25, 0.3) is 0 Å². The SMILES string of the molecule is CCCCNC(=O)CNc1cccc(OC(C)CC)c1. The lowest BCUT2D eigenvalue weighted by Gasteiger charge is -2.14. The molecule has 1 unspecified atom stereocenters. The number of ether oxygens (including phenoxy) is 1. The van der Waals surface area contributed by atoms with Crippen LogP contribution < -0.4 is 15.4 Å². The highest BCUT2D eigenvalue weighted by molar-refractivity contribution is 5.80. The van der Waals surface area contributed by atoms with Gasteiger partial charge in [-0.3, -0.25) is 4.79 Å². The summed E-state index contributed by atoms with van der Waals surface area (Å²) in [5.74, 6) is 0.849. The molecule has 4 nitrogen and oxygen atoms in total. The lowest BCUT2D eigenvalue weighted by Crippen LogP contribution is -2.30. The van der Waals surface area contributed by atoms with Crippen LogP contribution in [0.5, 0.6) is 5.75 Å². The van der Waals surface area contributed by atoms with E-state index in [2.05, 4.69) is 24.5 Å². The van der Waals surface area contributed by atoms with Crippen LogP contribution in [-0.2, 0) is 4.79 Å². The van der Waals surface area contributed by atoms with Crippen molar-refractivity contribution in [2.75, 3.05) is 18.4 Å². The van der Waals surface area contributed by atoms with Gasteiger partial charge in [0.05, 0.1) is 12.6 Å². The number of carbonyl (C=O) groups is 1. The van der Waals surface area contributed by atoms with Crippen molar-refractivity contribution in [1.29, 1.82) is 0 Å². The number of carbonyl (C=O) groups excluding carboxylic acids is 1. The largest absolute Gasteiger partial charge is 0.491 e. The average molecular weight is 278 g/mol. The molecule has 0 saturated carbocycles. The van der Waals surface area contributed by atoms with Gasteiger partial charge in [0.15, 0.2) is 0 Å². The molecule has 1 atom stereocenters. The van der Waals surface area contributed by atoms with Gasteiger partial charge >= 0.3 is 0 Å². The van der Waals surface area contributed by atoms with Crippen molar-refractivity contribution < 1.29 is 9.53 Å². The Kier molecular flexibility index (Phi) is 7.55. The molecule has 20 heavy (non-hydrogen) atoms. The van der Waals surface area contributed by atoms with Crippen molar-refractivity contribution in [3.8, 4) is 5.75 Å². The first-order chi connectivity index (χ1) is 9.65. The predicted octanol–water partition coefficient (Wildman–Crippen LogP) is 3.19. The number of rotatable bonds is 9. The first kappa shape index (κ1) is 16.3. The summed E-state index contributed by atoms with van der Waals surface area (Å²) >= 11 is 0. The summed E-state index contributed by atoms with van der Waals surface area (Å²) in [6, 6.07) is 7.71. The van der Waals surface area contributed by atoms with Gasteiger partial charge in [-0.2, -0.15) is 0 Å². The summed E-state index contributed by atoms with van der Waals surface area (Å²) in [5, 5.41) is 5.99. The zero-order valence-electron chi connectivity index (χ0n) is 12.7. The molecular weight excluding hydrogens is 252 g/mol. The number of unbranched alkanes of at least 4 members (excludes halogenated alkanes) is 1. The smallest absolute Gasteiger partial charge is 0.239 e. The van der Waals surface area contributed by atoms with E-state index in [9.17, 15) is 4.79 Å². The minimum atomic E-state index is 0.0201. The van der Waals surface area contributed by atoms with E-state index in [0.717, 1.165) is 37.2 Å². The van der Waals surface area contributed by atoms with Crippen LogP contribution in [0.3, 0.4) is 0 Å². The van der Waals surface area contributed by atoms with Crippen molar-refractivity contribution in [1.82, 2.24) is 5.32 Å². The lowest BCUT2D eigenvalue weighted by molar-refractivity contribution is -0.119. The minimum Gasteiger partial charge on any atom is -0.491 e. The molecule has 112 valence electrons. The molecule has 1 aromatic rings. The third-order valence-corrected chi connectivity index (χ3v) is 3.05. The predicted molar refractivity (Wildman–Crippen MR) is 83.2 cm³/mol. The van der Waals surface area contributed by atoms with E-state index in [-0.39, 0.29) is 18.6 Å². The monoisotopic (exact) mass is 278 g/mol. The highest BCUT2D eigenvalue weighted by atomic mass is 16.5. The second kappa shape index (κ2) is 9.23. The maximum atomic E-state index is 11.6. The molecule has 1 rings (SSSR count). The maximum absolute atomic E-state index is 11.6. The Morgan fingerprint density at radius 3 is 2.85 bits per heavy atom. The summed E-state index contributed by atoms with van der Waals surface area (Å²) in [4.78, 5) is 11.6. The Hall–Kier alpha value is -1.71. The highest BCUT2D eigenvalue weighted by Crippen LogP contribution is 2.18. The summed E-state index contributed by atoms with van der Waals surface area (Å²) in [6.45, 7) is 7.27. The average Bonchev–Trinajstić information content (AvgIpc) is 2.45. The molecule has 0 bridgehead atoms. The summed E-state index contributed by atoms with van der Waals surface area (Å²) < 4.78 is 5.75. The molecule has 0 heterocycles. The standard InChI is InChI=1S/C16H26N2O2/c1-4-6-10-17-16(19)12-18-14-8-7-9-15(11-14)20-13(3)5-2/h7-9,11,13,18H,4-6,10,12H2,1-3H3,(H,17,19). The van der Waals surface area contributed by atoms with Crippen LogP contribution in [0.1, 0.15) is 40.0 Å². The van der Waals surface area contributed by atoms with Gasteiger partial charge in [-0.25, -0.2) is 0 Å². The molecule has 0 fully saturated rings. The van der Waals surface area contributed by atoms with E-state index >= 15 is 0 Å². The number of benzene rings is 1. The fourth-order valence-electron chi connectivity index (χ4n) is 1.64. The molecule has 4 heteroatoms. The van der Waals surface area contributed by atoms with Gasteiger partial charge in [-0.1, -0.05) is 26.3 Å². The van der Waals surface area contributed by atoms with Gasteiger partial charge in [0.1, 0.15) is 5.75 Å². The van der Waals surface area contributed by atoms with Crippen LogP contribution in [0.4, 0.5) is 5.69 Å². The fourth-order valence-corrected chi connectivity index (χ4v) is 1.64. The second-order valence-electron chi connectivity index (χ2n) is 4.92. The summed E-state index contributed by atoms with van der Waals surface area (Å²) in [6.07, 6.45) is 3.27. The van der Waals surface area contributed by atoms with E-state index in [1.165, 1.54) is 0 Å². The molecule has 2 N–H and O–H groups in total. The Morgan fingerprint density at radius 1 is 1.35 bits per heavy atom. The quantitative estimate of drug-likeness (QED) is 0.682. The zero-order valence-corrected chi connectivity index (χ0v) is 12.7. The first-order valence-electron chi connectivity index (χ1n) is 7.43. The zero-order chi connectivity index (χ0) is 14.8. The van der Waals surface area contributed by atoms with E-state index in [0.29, 0.717) is 0 Å². The normalized spacial score (nSPS) is 11.8. The van der Waals surface area contributed by atoms with E-state index in [1.807, 2.05) is 31.2 Å². The molecule has 0 aliphatic heterocycles. The number of amides is 1. The molecule has 0 radical (unpaired) electrons. The summed E-state index contributed by atoms with van der Waals surface area (Å²) in [5.41, 5.74) is 0.899. The number of anilines is 1. The molecule has 1 aromatic carbocycles. The van der Waals surface area contributed by atoms with Crippen molar-refractivity contribution in [2.45, 2.75) is 46.1 Å². The third-order valence-electron chi connectivity index (χ3n) is 3.05. The van der Waals surface area contributed by atoms with Crippen molar-refractivity contribution in [3.63, 3.8) is 0 Å². The summed E-state index contributed by atoms with van der Waals surface area (Å²) in [7, 11) is 0. The Bertz CT molecular complexity index is 407. The number of nitrogens with one attached hydrogen (secondary N) is 2. The molecule has 1 amide bonds. The topological polar surface area (TPSA) is 50.4 Å². The van der Waals surface area contributed by atoms with E-state index in [1.54, 1.807) is 0 Å². The van der Waals surface area contributed by atoms with Crippen LogP contribution >= 0.6 is 0 Å². The lowest BCUT2D eigenvalue weighted by atomic mass is 10.2. The van der Waals surface area contributed by atoms with Gasteiger partial charge in [-0.15, -0.1) is 0 Å². The van der Waals surface area contributed by atoms with Gasteiger partial charge in [0, 0.05) is 18.3 Å². The molecule has 0 saturated heterocycles. The van der Waals surface area contributed by atoms with Crippen LogP contribution in [0.15, 0.2) is 24.3 Å². The molecule has 0 spiro atoms. The van der Waals surface area contributed by atoms with E-state index < -0.39 is 0 Å². The highest BCUT2D eigenvalue weighted by Gasteiger charge is 2.03. The third kappa shape index (κ3) is 6.45. The first-order valence-corrected chi connectivity index (χ1v) is 7.43. The second-order valence-corrected chi connectivity index (χ2v) is 4.92. The fraction of sp³-hybridized carbons (Fsp3) is 0.562. The Morgan fingerprint density at radius 2 is 2.15 bits per heavy atom. The van der Waals surface area contributed by atoms with Gasteiger partial charge in [-0.05, 0) is 31.9 Å². The minimum absolute atomic E-state index is 0.0201. The van der Waals surface area contributed by atoms with Gasteiger partial charge in [0.25, 0.3) is 0 Å². The maximum Gasteiger partial charge on any atom is 0.239 e. The van der Waals surface area contributed by atoms with Gasteiger partial charge < -0.3 is 15.4 Å². The van der Waals surface area contributed by atoms with Gasteiger partial charge in [0.2, 0.25) is 5.91 Å². The van der Waals surface area contributed by atoms with E-state index in [4.69, 9.17) is 4.74 Å². The van der Waals surface area contributed by atoms with Crippen molar-refractivity contribution in [3.05, 3.63) is 24.3 Å². The van der Waals surface area contributed by atoms with Crippen LogP contribution in [-0.4, -0.2) is 25.1 Å². The molecule has 0 aliphatic rings. The van der Waals surface area contributed by atoms with Crippen molar-refractivity contribution >= 4 is 11.6 Å².